The Balaban J connectivity index is 3.31. The minimum atomic E-state index is -0.112. The van der Waals surface area contributed by atoms with Crippen molar-refractivity contribution in [1.29, 1.82) is 0 Å². The molecule has 0 bridgehead atoms. The molecular formula is C12H18FN. The first kappa shape index (κ1) is 11.0. The van der Waals surface area contributed by atoms with Crippen LogP contribution in [0.5, 0.6) is 0 Å². The lowest BCUT2D eigenvalue weighted by Gasteiger charge is -2.20. The van der Waals surface area contributed by atoms with Crippen molar-refractivity contribution in [2.45, 2.75) is 26.7 Å². The quantitative estimate of drug-likeness (QED) is 0.699. The van der Waals surface area contributed by atoms with E-state index in [1.807, 2.05) is 25.1 Å². The summed E-state index contributed by atoms with van der Waals surface area (Å²) in [6.45, 7) is 5.96. The summed E-state index contributed by atoms with van der Waals surface area (Å²) in [6, 6.07) is 3.56. The molecule has 0 N–H and O–H groups in total. The second-order valence-electron chi connectivity index (χ2n) is 4.21. The SMILES string of the molecule is Cc1cc(N(C)C)c(C(C)C)cc1F. The molecule has 2 heteroatoms. The van der Waals surface area contributed by atoms with Crippen molar-refractivity contribution in [2.24, 2.45) is 0 Å². The number of hydrogen-bond donors (Lipinski definition) is 0. The molecule has 0 aliphatic heterocycles. The van der Waals surface area contributed by atoms with E-state index in [-0.39, 0.29) is 5.82 Å². The van der Waals surface area contributed by atoms with E-state index >= 15 is 0 Å². The Labute approximate surface area is 85.5 Å². The number of halogens is 1. The molecule has 0 spiro atoms. The van der Waals surface area contributed by atoms with Crippen molar-refractivity contribution in [1.82, 2.24) is 0 Å². The highest BCUT2D eigenvalue weighted by atomic mass is 19.1. The smallest absolute Gasteiger partial charge is 0.126 e. The Morgan fingerprint density at radius 1 is 1.21 bits per heavy atom. The van der Waals surface area contributed by atoms with E-state index in [4.69, 9.17) is 0 Å². The molecule has 0 radical (unpaired) electrons. The zero-order valence-corrected chi connectivity index (χ0v) is 9.56. The fraction of sp³-hybridized carbons (Fsp3) is 0.500. The van der Waals surface area contributed by atoms with Crippen molar-refractivity contribution < 1.29 is 4.39 Å². The first-order valence-corrected chi connectivity index (χ1v) is 4.91. The molecule has 0 unspecified atom stereocenters. The summed E-state index contributed by atoms with van der Waals surface area (Å²) in [7, 11) is 3.97. The Kier molecular flexibility index (Phi) is 3.14. The van der Waals surface area contributed by atoms with Gasteiger partial charge in [-0.2, -0.15) is 0 Å². The highest BCUT2D eigenvalue weighted by Gasteiger charge is 2.11. The number of benzene rings is 1. The maximum absolute atomic E-state index is 13.4. The monoisotopic (exact) mass is 195 g/mol. The van der Waals surface area contributed by atoms with E-state index in [2.05, 4.69) is 13.8 Å². The first-order chi connectivity index (χ1) is 6.43. The number of anilines is 1. The van der Waals surface area contributed by atoms with Crippen LogP contribution in [0.4, 0.5) is 10.1 Å². The van der Waals surface area contributed by atoms with Crippen LogP contribution < -0.4 is 4.90 Å². The van der Waals surface area contributed by atoms with Gasteiger partial charge < -0.3 is 4.90 Å². The van der Waals surface area contributed by atoms with Crippen LogP contribution in [-0.4, -0.2) is 14.1 Å². The van der Waals surface area contributed by atoms with Gasteiger partial charge in [0.2, 0.25) is 0 Å². The van der Waals surface area contributed by atoms with E-state index in [0.29, 0.717) is 11.5 Å². The highest BCUT2D eigenvalue weighted by molar-refractivity contribution is 5.56. The van der Waals surface area contributed by atoms with Crippen LogP contribution in [0, 0.1) is 12.7 Å². The molecule has 0 fully saturated rings. The van der Waals surface area contributed by atoms with Crippen molar-refractivity contribution in [3.05, 3.63) is 29.1 Å². The molecule has 0 saturated heterocycles. The van der Waals surface area contributed by atoms with Gasteiger partial charge in [0.1, 0.15) is 5.82 Å². The Morgan fingerprint density at radius 2 is 1.79 bits per heavy atom. The van der Waals surface area contributed by atoms with Crippen LogP contribution in [0.1, 0.15) is 30.9 Å². The largest absolute Gasteiger partial charge is 0.377 e. The van der Waals surface area contributed by atoms with Crippen LogP contribution >= 0.6 is 0 Å². The normalized spacial score (nSPS) is 10.8. The minimum Gasteiger partial charge on any atom is -0.377 e. The molecule has 0 saturated carbocycles. The van der Waals surface area contributed by atoms with Gasteiger partial charge in [-0.05, 0) is 36.1 Å². The molecule has 1 aromatic rings. The first-order valence-electron chi connectivity index (χ1n) is 4.91. The summed E-state index contributed by atoms with van der Waals surface area (Å²) in [4.78, 5) is 2.03. The van der Waals surface area contributed by atoms with Crippen molar-refractivity contribution in [2.75, 3.05) is 19.0 Å². The van der Waals surface area contributed by atoms with Crippen LogP contribution in [0.25, 0.3) is 0 Å². The van der Waals surface area contributed by atoms with E-state index in [9.17, 15) is 4.39 Å². The Bertz CT molecular complexity index is 296. The van der Waals surface area contributed by atoms with Gasteiger partial charge in [-0.15, -0.1) is 0 Å². The summed E-state index contributed by atoms with van der Waals surface area (Å²) in [5.41, 5.74) is 2.88. The van der Waals surface area contributed by atoms with Gasteiger partial charge in [0.25, 0.3) is 0 Å². The fourth-order valence-corrected chi connectivity index (χ4v) is 1.53. The van der Waals surface area contributed by atoms with E-state index < -0.39 is 0 Å². The average molecular weight is 195 g/mol. The lowest BCUT2D eigenvalue weighted by molar-refractivity contribution is 0.614. The molecule has 0 aliphatic carbocycles. The topological polar surface area (TPSA) is 3.24 Å². The zero-order chi connectivity index (χ0) is 10.9. The minimum absolute atomic E-state index is 0.112. The van der Waals surface area contributed by atoms with Crippen molar-refractivity contribution in [3.8, 4) is 0 Å². The average Bonchev–Trinajstić information content (AvgIpc) is 2.08. The fourth-order valence-electron chi connectivity index (χ4n) is 1.53. The van der Waals surface area contributed by atoms with Gasteiger partial charge >= 0.3 is 0 Å². The van der Waals surface area contributed by atoms with Gasteiger partial charge in [0.05, 0.1) is 0 Å². The molecule has 1 aromatic carbocycles. The van der Waals surface area contributed by atoms with Crippen molar-refractivity contribution >= 4 is 5.69 Å². The summed E-state index contributed by atoms with van der Waals surface area (Å²) in [5, 5.41) is 0. The summed E-state index contributed by atoms with van der Waals surface area (Å²) >= 11 is 0. The predicted octanol–water partition coefficient (Wildman–Crippen LogP) is 3.32. The lowest BCUT2D eigenvalue weighted by Crippen LogP contribution is -2.12. The van der Waals surface area contributed by atoms with E-state index in [1.54, 1.807) is 13.0 Å². The van der Waals surface area contributed by atoms with E-state index in [0.717, 1.165) is 11.3 Å². The molecule has 0 aliphatic rings. The van der Waals surface area contributed by atoms with Crippen LogP contribution in [-0.2, 0) is 0 Å². The highest BCUT2D eigenvalue weighted by Crippen LogP contribution is 2.28. The second kappa shape index (κ2) is 3.99. The molecule has 0 atom stereocenters. The molecule has 78 valence electrons. The summed E-state index contributed by atoms with van der Waals surface area (Å²) in [5.74, 6) is 0.238. The van der Waals surface area contributed by atoms with Gasteiger partial charge in [-0.1, -0.05) is 13.8 Å². The third-order valence-electron chi connectivity index (χ3n) is 2.41. The Morgan fingerprint density at radius 3 is 2.21 bits per heavy atom. The van der Waals surface area contributed by atoms with Crippen LogP contribution in [0.2, 0.25) is 0 Å². The molecule has 0 amide bonds. The standard InChI is InChI=1S/C12H18FN/c1-8(2)10-7-11(13)9(3)6-12(10)14(4)5/h6-8H,1-5H3. The lowest BCUT2D eigenvalue weighted by atomic mass is 9.98. The van der Waals surface area contributed by atoms with Gasteiger partial charge in [0, 0.05) is 19.8 Å². The molecule has 1 nitrogen and oxygen atoms in total. The third-order valence-corrected chi connectivity index (χ3v) is 2.41. The predicted molar refractivity (Wildman–Crippen MR) is 59.6 cm³/mol. The van der Waals surface area contributed by atoms with Crippen LogP contribution in [0.15, 0.2) is 12.1 Å². The van der Waals surface area contributed by atoms with Crippen LogP contribution in [0.3, 0.4) is 0 Å². The number of aryl methyl sites for hydroxylation is 1. The molecule has 1 rings (SSSR count). The third kappa shape index (κ3) is 2.06. The molecule has 14 heavy (non-hydrogen) atoms. The number of nitrogens with zero attached hydrogens (tertiary/aromatic N) is 1. The Hall–Kier alpha value is -1.05. The van der Waals surface area contributed by atoms with Gasteiger partial charge in [-0.3, -0.25) is 0 Å². The van der Waals surface area contributed by atoms with Gasteiger partial charge in [0.15, 0.2) is 0 Å². The number of hydrogen-bond acceptors (Lipinski definition) is 1. The molecule has 0 aromatic heterocycles. The van der Waals surface area contributed by atoms with Gasteiger partial charge in [-0.25, -0.2) is 4.39 Å². The van der Waals surface area contributed by atoms with E-state index in [1.165, 1.54) is 0 Å². The summed E-state index contributed by atoms with van der Waals surface area (Å²) < 4.78 is 13.4. The number of rotatable bonds is 2. The van der Waals surface area contributed by atoms with Crippen molar-refractivity contribution in [3.63, 3.8) is 0 Å². The summed E-state index contributed by atoms with van der Waals surface area (Å²) in [6.07, 6.45) is 0. The molecule has 0 heterocycles. The second-order valence-corrected chi connectivity index (χ2v) is 4.21. The maximum atomic E-state index is 13.4. The molecular weight excluding hydrogens is 177 g/mol. The maximum Gasteiger partial charge on any atom is 0.126 e. The zero-order valence-electron chi connectivity index (χ0n) is 9.56.